The molecular weight excluding hydrogens is 242 g/mol. The molecule has 18 heavy (non-hydrogen) atoms. The quantitative estimate of drug-likeness (QED) is 0.726. The first-order valence-electron chi connectivity index (χ1n) is 6.46. The fourth-order valence-corrected chi connectivity index (χ4v) is 2.54. The summed E-state index contributed by atoms with van der Waals surface area (Å²) in [6.07, 6.45) is 5.75. The number of aryl methyl sites for hydroxylation is 1. The van der Waals surface area contributed by atoms with Gasteiger partial charge in [-0.1, -0.05) is 6.07 Å². The van der Waals surface area contributed by atoms with Gasteiger partial charge in [0.15, 0.2) is 0 Å². The van der Waals surface area contributed by atoms with Crippen LogP contribution in [0.1, 0.15) is 20.3 Å². The molecule has 0 amide bonds. The first-order chi connectivity index (χ1) is 8.72. The van der Waals surface area contributed by atoms with E-state index in [0.717, 1.165) is 12.3 Å². The second-order valence-corrected chi connectivity index (χ2v) is 5.70. The summed E-state index contributed by atoms with van der Waals surface area (Å²) in [5.74, 6) is 2.20. The maximum atomic E-state index is 5.85. The van der Waals surface area contributed by atoms with Gasteiger partial charge in [-0.15, -0.1) is 0 Å². The van der Waals surface area contributed by atoms with Gasteiger partial charge in [0.1, 0.15) is 5.75 Å². The minimum Gasteiger partial charge on any atom is -0.490 e. The zero-order valence-corrected chi connectivity index (χ0v) is 12.2. The van der Waals surface area contributed by atoms with E-state index in [9.17, 15) is 0 Å². The second kappa shape index (κ2) is 6.19. The van der Waals surface area contributed by atoms with E-state index < -0.39 is 0 Å². The van der Waals surface area contributed by atoms with Crippen molar-refractivity contribution in [2.24, 2.45) is 0 Å². The molecule has 3 heteroatoms. The lowest BCUT2D eigenvalue weighted by atomic mass is 10.2. The van der Waals surface area contributed by atoms with Crippen LogP contribution < -0.4 is 4.74 Å². The van der Waals surface area contributed by atoms with Gasteiger partial charge in [-0.25, -0.2) is 0 Å². The first-order valence-corrected chi connectivity index (χ1v) is 7.85. The van der Waals surface area contributed by atoms with Crippen LogP contribution in [0.2, 0.25) is 0 Å². The third-order valence-electron chi connectivity index (χ3n) is 2.88. The number of nitrogens with zero attached hydrogens (tertiary/aromatic N) is 1. The number of thioether (sulfide) groups is 1. The van der Waals surface area contributed by atoms with Crippen LogP contribution >= 0.6 is 11.8 Å². The van der Waals surface area contributed by atoms with Crippen molar-refractivity contribution in [3.63, 3.8) is 0 Å². The summed E-state index contributed by atoms with van der Waals surface area (Å²) in [5, 5.41) is 1.22. The summed E-state index contributed by atoms with van der Waals surface area (Å²) in [4.78, 5) is 0. The van der Waals surface area contributed by atoms with E-state index in [2.05, 4.69) is 55.1 Å². The molecule has 2 rings (SSSR count). The van der Waals surface area contributed by atoms with Crippen LogP contribution in [-0.4, -0.2) is 22.7 Å². The highest BCUT2D eigenvalue weighted by Gasteiger charge is 2.07. The summed E-state index contributed by atoms with van der Waals surface area (Å²) in [5.41, 5.74) is 1.27. The Morgan fingerprint density at radius 2 is 2.11 bits per heavy atom. The molecule has 0 aliphatic rings. The maximum Gasteiger partial charge on any atom is 0.129 e. The smallest absolute Gasteiger partial charge is 0.129 e. The normalized spacial score (nSPS) is 11.3. The summed E-state index contributed by atoms with van der Waals surface area (Å²) < 4.78 is 8.17. The van der Waals surface area contributed by atoms with Gasteiger partial charge in [-0.3, -0.25) is 0 Å². The summed E-state index contributed by atoms with van der Waals surface area (Å²) in [6.45, 7) is 5.21. The Labute approximate surface area is 113 Å². The molecular formula is C15H21NOS. The highest BCUT2D eigenvalue weighted by molar-refractivity contribution is 7.98. The molecule has 98 valence electrons. The Morgan fingerprint density at radius 3 is 2.83 bits per heavy atom. The van der Waals surface area contributed by atoms with Crippen molar-refractivity contribution in [2.75, 3.05) is 12.0 Å². The van der Waals surface area contributed by atoms with Crippen molar-refractivity contribution in [1.29, 1.82) is 0 Å². The molecule has 0 aliphatic heterocycles. The van der Waals surface area contributed by atoms with E-state index in [1.165, 1.54) is 23.1 Å². The number of benzene rings is 1. The maximum absolute atomic E-state index is 5.85. The lowest BCUT2D eigenvalue weighted by Gasteiger charge is -2.11. The Kier molecular flexibility index (Phi) is 4.59. The van der Waals surface area contributed by atoms with E-state index in [1.807, 2.05) is 11.8 Å². The summed E-state index contributed by atoms with van der Waals surface area (Å²) >= 11 is 1.90. The monoisotopic (exact) mass is 263 g/mol. The van der Waals surface area contributed by atoms with Crippen LogP contribution in [0.3, 0.4) is 0 Å². The molecule has 0 spiro atoms. The van der Waals surface area contributed by atoms with Crippen LogP contribution in [0.4, 0.5) is 0 Å². The van der Waals surface area contributed by atoms with E-state index in [1.54, 1.807) is 0 Å². The van der Waals surface area contributed by atoms with Gasteiger partial charge in [0, 0.05) is 18.1 Å². The average Bonchev–Trinajstić information content (AvgIpc) is 2.74. The van der Waals surface area contributed by atoms with Crippen molar-refractivity contribution >= 4 is 22.7 Å². The fourth-order valence-electron chi connectivity index (χ4n) is 2.13. The van der Waals surface area contributed by atoms with Crippen molar-refractivity contribution in [2.45, 2.75) is 32.9 Å². The van der Waals surface area contributed by atoms with E-state index in [4.69, 9.17) is 4.74 Å². The number of hydrogen-bond acceptors (Lipinski definition) is 2. The van der Waals surface area contributed by atoms with Gasteiger partial charge in [0.05, 0.1) is 11.6 Å². The molecule has 0 fully saturated rings. The lowest BCUT2D eigenvalue weighted by Crippen LogP contribution is -2.05. The zero-order valence-electron chi connectivity index (χ0n) is 11.3. The van der Waals surface area contributed by atoms with Gasteiger partial charge in [0.25, 0.3) is 0 Å². The molecule has 1 aromatic heterocycles. The Balaban J connectivity index is 2.24. The molecule has 2 nitrogen and oxygen atoms in total. The highest BCUT2D eigenvalue weighted by atomic mass is 32.2. The molecule has 0 saturated carbocycles. The van der Waals surface area contributed by atoms with Crippen LogP contribution in [0, 0.1) is 0 Å². The lowest BCUT2D eigenvalue weighted by molar-refractivity contribution is 0.245. The third kappa shape index (κ3) is 3.02. The molecule has 0 radical (unpaired) electrons. The van der Waals surface area contributed by atoms with Crippen molar-refractivity contribution in [3.05, 3.63) is 30.5 Å². The summed E-state index contributed by atoms with van der Waals surface area (Å²) in [7, 11) is 0. The summed E-state index contributed by atoms with van der Waals surface area (Å²) in [6, 6.07) is 8.45. The Morgan fingerprint density at radius 1 is 1.28 bits per heavy atom. The molecule has 0 atom stereocenters. The Bertz CT molecular complexity index is 504. The molecule has 1 heterocycles. The average molecular weight is 263 g/mol. The predicted molar refractivity (Wildman–Crippen MR) is 80.7 cm³/mol. The van der Waals surface area contributed by atoms with Crippen molar-refractivity contribution < 1.29 is 4.74 Å². The minimum absolute atomic E-state index is 0.218. The van der Waals surface area contributed by atoms with Crippen LogP contribution in [0.5, 0.6) is 5.75 Å². The number of fused-ring (bicyclic) bond motifs is 1. The molecule has 0 N–H and O–H groups in total. The number of ether oxygens (including phenoxy) is 1. The number of aromatic nitrogens is 1. The van der Waals surface area contributed by atoms with Gasteiger partial charge in [-0.05, 0) is 50.5 Å². The third-order valence-corrected chi connectivity index (χ3v) is 3.58. The van der Waals surface area contributed by atoms with Gasteiger partial charge < -0.3 is 9.30 Å². The molecule has 0 saturated heterocycles. The van der Waals surface area contributed by atoms with Gasteiger partial charge >= 0.3 is 0 Å². The van der Waals surface area contributed by atoms with Crippen molar-refractivity contribution in [1.82, 2.24) is 4.57 Å². The highest BCUT2D eigenvalue weighted by Crippen LogP contribution is 2.27. The van der Waals surface area contributed by atoms with Gasteiger partial charge in [0.2, 0.25) is 0 Å². The molecule has 0 aliphatic carbocycles. The van der Waals surface area contributed by atoms with Gasteiger partial charge in [-0.2, -0.15) is 11.8 Å². The largest absolute Gasteiger partial charge is 0.490 e. The number of hydrogen-bond donors (Lipinski definition) is 0. The fraction of sp³-hybridized carbons (Fsp3) is 0.467. The molecule has 0 bridgehead atoms. The molecule has 2 aromatic rings. The van der Waals surface area contributed by atoms with E-state index >= 15 is 0 Å². The van der Waals surface area contributed by atoms with Crippen LogP contribution in [0.25, 0.3) is 10.9 Å². The van der Waals surface area contributed by atoms with E-state index in [-0.39, 0.29) is 6.10 Å². The van der Waals surface area contributed by atoms with Crippen LogP contribution in [0.15, 0.2) is 30.5 Å². The zero-order chi connectivity index (χ0) is 13.0. The molecule has 0 unspecified atom stereocenters. The standard InChI is InChI=1S/C15H21NOS/c1-12(2)17-15-7-4-6-14-13(15)8-10-16(14)9-5-11-18-3/h4,6-8,10,12H,5,9,11H2,1-3H3. The second-order valence-electron chi connectivity index (χ2n) is 4.71. The van der Waals surface area contributed by atoms with Crippen LogP contribution in [-0.2, 0) is 6.54 Å². The first kappa shape index (κ1) is 13.3. The minimum atomic E-state index is 0.218. The Hall–Kier alpha value is -1.09. The van der Waals surface area contributed by atoms with E-state index in [0.29, 0.717) is 0 Å². The predicted octanol–water partition coefficient (Wildman–Crippen LogP) is 4.18. The number of rotatable bonds is 6. The SMILES string of the molecule is CSCCCn1ccc2c(OC(C)C)cccc21. The topological polar surface area (TPSA) is 14.2 Å². The van der Waals surface area contributed by atoms with Crippen molar-refractivity contribution in [3.8, 4) is 5.75 Å². The molecule has 1 aromatic carbocycles.